The molecule has 0 saturated heterocycles. The smallest absolute Gasteiger partial charge is 0.226 e. The van der Waals surface area contributed by atoms with E-state index >= 15 is 0 Å². The van der Waals surface area contributed by atoms with Gasteiger partial charge in [0, 0.05) is 32.4 Å². The first kappa shape index (κ1) is 19.5. The Kier molecular flexibility index (Phi) is 4.42. The Morgan fingerprint density at radius 1 is 1.27 bits per heavy atom. The minimum Gasteiger partial charge on any atom is -0.361 e. The lowest BCUT2D eigenvalue weighted by Crippen LogP contribution is -2.28. The van der Waals surface area contributed by atoms with Crippen LogP contribution >= 0.6 is 22.9 Å². The molecule has 2 unspecified atom stereocenters. The molecule has 1 aliphatic carbocycles. The van der Waals surface area contributed by atoms with Crippen LogP contribution in [0.1, 0.15) is 46.4 Å². The molecule has 5 rings (SSSR count). The number of thiophene rings is 1. The number of carbonyl (C=O) groups is 1. The largest absolute Gasteiger partial charge is 0.361 e. The summed E-state index contributed by atoms with van der Waals surface area (Å²) in [7, 11) is 0. The summed E-state index contributed by atoms with van der Waals surface area (Å²) in [6, 6.07) is 7.75. The third-order valence-corrected chi connectivity index (χ3v) is 7.63. The van der Waals surface area contributed by atoms with Crippen molar-refractivity contribution >= 4 is 34.6 Å². The number of hydrogen-bond donors (Lipinski definition) is 1. The van der Waals surface area contributed by atoms with Gasteiger partial charge in [-0.25, -0.2) is 0 Å². The van der Waals surface area contributed by atoms with Gasteiger partial charge in [-0.15, -0.1) is 11.3 Å². The highest BCUT2D eigenvalue weighted by atomic mass is 35.5. The molecule has 2 atom stereocenters. The number of rotatable bonds is 3. The molecule has 3 aromatic rings. The predicted molar refractivity (Wildman–Crippen MR) is 120 cm³/mol. The van der Waals surface area contributed by atoms with Crippen LogP contribution in [0.5, 0.6) is 0 Å². The highest BCUT2D eigenvalue weighted by Gasteiger charge is 2.64. The fourth-order valence-corrected chi connectivity index (χ4v) is 5.77. The molecule has 1 spiro atoms. The zero-order valence-electron chi connectivity index (χ0n) is 17.3. The first-order valence-electron chi connectivity index (χ1n) is 10.1. The molecule has 7 heteroatoms. The molecule has 0 radical (unpaired) electrons. The standard InChI is InChI=1S/C23H22ClN3O2S/c1-5-25-22(28)16-10-23(16)21-18(12(3)29-27-21)20-17(11(2)13(4)30-20)19(26-23)14-6-8-15(24)9-7-14/h6-9,16H,5,10H2,1-4H3,(H,25,28). The first-order chi connectivity index (χ1) is 14.4. The molecule has 3 heterocycles. The van der Waals surface area contributed by atoms with E-state index in [0.29, 0.717) is 18.0 Å². The predicted octanol–water partition coefficient (Wildman–Crippen LogP) is 5.18. The molecule has 1 saturated carbocycles. The van der Waals surface area contributed by atoms with E-state index in [1.165, 1.54) is 10.4 Å². The van der Waals surface area contributed by atoms with Gasteiger partial charge in [0.25, 0.3) is 0 Å². The summed E-state index contributed by atoms with van der Waals surface area (Å²) in [6.07, 6.45) is 0.627. The van der Waals surface area contributed by atoms with E-state index in [4.69, 9.17) is 21.1 Å². The number of fused-ring (bicyclic) bond motifs is 4. The summed E-state index contributed by atoms with van der Waals surface area (Å²) in [4.78, 5) is 20.4. The number of carbonyl (C=O) groups excluding carboxylic acids is 1. The van der Waals surface area contributed by atoms with Crippen LogP contribution in [0, 0.1) is 26.7 Å². The molecule has 1 aliphatic heterocycles. The maximum atomic E-state index is 12.8. The van der Waals surface area contributed by atoms with Gasteiger partial charge >= 0.3 is 0 Å². The second-order valence-corrected chi connectivity index (χ2v) is 9.65. The van der Waals surface area contributed by atoms with E-state index in [1.807, 2.05) is 38.1 Å². The summed E-state index contributed by atoms with van der Waals surface area (Å²) in [5.41, 5.74) is 5.26. The van der Waals surface area contributed by atoms with Crippen molar-refractivity contribution in [2.75, 3.05) is 6.54 Å². The topological polar surface area (TPSA) is 67.5 Å². The monoisotopic (exact) mass is 439 g/mol. The van der Waals surface area contributed by atoms with Crippen molar-refractivity contribution in [1.82, 2.24) is 10.5 Å². The Morgan fingerprint density at radius 3 is 2.70 bits per heavy atom. The summed E-state index contributed by atoms with van der Waals surface area (Å²) in [5.74, 6) is 0.529. The van der Waals surface area contributed by atoms with E-state index in [-0.39, 0.29) is 11.8 Å². The molecule has 5 nitrogen and oxygen atoms in total. The van der Waals surface area contributed by atoms with Crippen molar-refractivity contribution < 1.29 is 9.32 Å². The van der Waals surface area contributed by atoms with Crippen molar-refractivity contribution in [3.05, 3.63) is 62.3 Å². The molecule has 154 valence electrons. The molecule has 2 aliphatic rings. The Morgan fingerprint density at radius 2 is 2.00 bits per heavy atom. The number of hydrogen-bond acceptors (Lipinski definition) is 5. The normalized spacial score (nSPS) is 21.6. The molecule has 2 aromatic heterocycles. The summed E-state index contributed by atoms with van der Waals surface area (Å²) in [6.45, 7) is 8.71. The van der Waals surface area contributed by atoms with Gasteiger partial charge in [0.2, 0.25) is 5.91 Å². The molecule has 1 aromatic carbocycles. The second-order valence-electron chi connectivity index (χ2n) is 7.99. The van der Waals surface area contributed by atoms with Gasteiger partial charge in [0.05, 0.1) is 17.2 Å². The van der Waals surface area contributed by atoms with Gasteiger partial charge < -0.3 is 9.84 Å². The number of aryl methyl sites for hydroxylation is 2. The van der Waals surface area contributed by atoms with Crippen molar-refractivity contribution in [1.29, 1.82) is 0 Å². The van der Waals surface area contributed by atoms with Gasteiger partial charge in [-0.2, -0.15) is 0 Å². The van der Waals surface area contributed by atoms with Crippen LogP contribution in [0.2, 0.25) is 5.02 Å². The van der Waals surface area contributed by atoms with Crippen LogP contribution < -0.4 is 5.32 Å². The maximum absolute atomic E-state index is 12.8. The summed E-state index contributed by atoms with van der Waals surface area (Å²) >= 11 is 7.88. The summed E-state index contributed by atoms with van der Waals surface area (Å²) < 4.78 is 5.64. The Balaban J connectivity index is 1.80. The van der Waals surface area contributed by atoms with Crippen LogP contribution in [0.25, 0.3) is 10.4 Å². The van der Waals surface area contributed by atoms with Crippen molar-refractivity contribution in [2.24, 2.45) is 10.9 Å². The van der Waals surface area contributed by atoms with Crippen LogP contribution in [-0.4, -0.2) is 23.3 Å². The third kappa shape index (κ3) is 2.70. The lowest BCUT2D eigenvalue weighted by molar-refractivity contribution is -0.122. The number of halogens is 1. The lowest BCUT2D eigenvalue weighted by atomic mass is 9.96. The summed E-state index contributed by atoms with van der Waals surface area (Å²) in [5, 5.41) is 8.06. The van der Waals surface area contributed by atoms with Crippen LogP contribution in [0.4, 0.5) is 0 Å². The fourth-order valence-electron chi connectivity index (χ4n) is 4.39. The van der Waals surface area contributed by atoms with Crippen molar-refractivity contribution in [3.63, 3.8) is 0 Å². The van der Waals surface area contributed by atoms with Gasteiger partial charge in [0.1, 0.15) is 17.0 Å². The SMILES string of the molecule is CCNC(=O)C1CC12N=C(c1ccc(Cl)cc1)c1c(sc(C)c1C)-c1c2noc1C. The van der Waals surface area contributed by atoms with E-state index < -0.39 is 5.54 Å². The van der Waals surface area contributed by atoms with E-state index in [0.717, 1.165) is 38.7 Å². The number of nitrogens with one attached hydrogen (secondary N) is 1. The van der Waals surface area contributed by atoms with E-state index in [2.05, 4.69) is 24.3 Å². The molecular formula is C23H22ClN3O2S. The lowest BCUT2D eigenvalue weighted by Gasteiger charge is -2.13. The highest BCUT2D eigenvalue weighted by Crippen LogP contribution is 2.60. The number of aromatic nitrogens is 1. The number of nitrogens with zero attached hydrogens (tertiary/aromatic N) is 2. The molecule has 0 bridgehead atoms. The minimum atomic E-state index is -0.694. The Bertz CT molecular complexity index is 1210. The van der Waals surface area contributed by atoms with Crippen molar-refractivity contribution in [2.45, 2.75) is 39.7 Å². The first-order valence-corrected chi connectivity index (χ1v) is 11.3. The average Bonchev–Trinajstić information content (AvgIpc) is 3.24. The van der Waals surface area contributed by atoms with E-state index in [1.54, 1.807) is 11.3 Å². The average molecular weight is 440 g/mol. The zero-order valence-corrected chi connectivity index (χ0v) is 18.9. The quantitative estimate of drug-likeness (QED) is 0.611. The van der Waals surface area contributed by atoms with Crippen molar-refractivity contribution in [3.8, 4) is 10.4 Å². The maximum Gasteiger partial charge on any atom is 0.226 e. The van der Waals surface area contributed by atoms with Crippen LogP contribution in [0.15, 0.2) is 33.8 Å². The molecule has 1 fully saturated rings. The Hall–Kier alpha value is -2.44. The second kappa shape index (κ2) is 6.79. The number of benzene rings is 1. The van der Waals surface area contributed by atoms with Gasteiger partial charge in [0.15, 0.2) is 0 Å². The highest BCUT2D eigenvalue weighted by molar-refractivity contribution is 7.16. The number of amides is 1. The van der Waals surface area contributed by atoms with Crippen LogP contribution in [-0.2, 0) is 10.3 Å². The van der Waals surface area contributed by atoms with Gasteiger partial charge in [-0.05, 0) is 51.8 Å². The zero-order chi connectivity index (χ0) is 21.2. The van der Waals surface area contributed by atoms with E-state index in [9.17, 15) is 4.79 Å². The molecule has 1 amide bonds. The molecule has 30 heavy (non-hydrogen) atoms. The minimum absolute atomic E-state index is 0.0152. The fraction of sp³-hybridized carbons (Fsp3) is 0.348. The number of aliphatic imine (C=N–C) groups is 1. The molecule has 1 N–H and O–H groups in total. The Labute approximate surface area is 184 Å². The van der Waals surface area contributed by atoms with Gasteiger partial charge in [-0.3, -0.25) is 9.79 Å². The molecular weight excluding hydrogens is 418 g/mol. The van der Waals surface area contributed by atoms with Gasteiger partial charge in [-0.1, -0.05) is 28.9 Å². The third-order valence-electron chi connectivity index (χ3n) is 6.15. The van der Waals surface area contributed by atoms with Crippen LogP contribution in [0.3, 0.4) is 0 Å².